The minimum atomic E-state index is -0.981. The molecule has 1 unspecified atom stereocenters. The van der Waals surface area contributed by atoms with Crippen molar-refractivity contribution in [1.82, 2.24) is 4.90 Å². The Labute approximate surface area is 236 Å². The molecule has 6 heteroatoms. The second-order valence-corrected chi connectivity index (χ2v) is 10.4. The number of amides is 2. The maximum absolute atomic E-state index is 14.9. The predicted molar refractivity (Wildman–Crippen MR) is 160 cm³/mol. The average molecular weight is 538 g/mol. The van der Waals surface area contributed by atoms with E-state index in [2.05, 4.69) is 19.2 Å². The molecule has 0 spiro atoms. The molecule has 0 aromatic heterocycles. The van der Waals surface area contributed by atoms with Crippen molar-refractivity contribution >= 4 is 23.2 Å². The number of nitrogens with one attached hydrogen (secondary N) is 1. The van der Waals surface area contributed by atoms with E-state index in [1.165, 1.54) is 11.0 Å². The van der Waals surface area contributed by atoms with Crippen molar-refractivity contribution in [3.05, 3.63) is 131 Å². The van der Waals surface area contributed by atoms with E-state index < -0.39 is 11.9 Å². The van der Waals surface area contributed by atoms with Crippen LogP contribution in [-0.4, -0.2) is 30.8 Å². The van der Waals surface area contributed by atoms with Crippen molar-refractivity contribution in [3.63, 3.8) is 0 Å². The Bertz CT molecular complexity index is 1420. The second-order valence-electron chi connectivity index (χ2n) is 10.4. The number of rotatable bonds is 10. The van der Waals surface area contributed by atoms with Gasteiger partial charge in [-0.05, 0) is 52.9 Å². The quantitative estimate of drug-likeness (QED) is 0.238. The lowest BCUT2D eigenvalue weighted by Crippen LogP contribution is -2.41. The van der Waals surface area contributed by atoms with Gasteiger partial charge in [-0.3, -0.25) is 9.59 Å². The number of hydrogen-bond donors (Lipinski definition) is 1. The van der Waals surface area contributed by atoms with Crippen LogP contribution in [0.1, 0.15) is 48.1 Å². The molecule has 4 aromatic carbocycles. The fourth-order valence-corrected chi connectivity index (χ4v) is 4.60. The summed E-state index contributed by atoms with van der Waals surface area (Å²) in [5, 5.41) is 3.00. The van der Waals surface area contributed by atoms with Crippen LogP contribution in [0.3, 0.4) is 0 Å². The summed E-state index contributed by atoms with van der Waals surface area (Å²) in [6.07, 6.45) is 0.0840. The summed E-state index contributed by atoms with van der Waals surface area (Å²) < 4.78 is 14.9. The van der Waals surface area contributed by atoms with Gasteiger partial charge in [0.2, 0.25) is 5.91 Å². The van der Waals surface area contributed by atoms with Crippen LogP contribution in [0.25, 0.3) is 0 Å². The Morgan fingerprint density at radius 3 is 1.98 bits per heavy atom. The highest BCUT2D eigenvalue weighted by Gasteiger charge is 2.32. The molecule has 0 aliphatic carbocycles. The molecule has 0 saturated carbocycles. The van der Waals surface area contributed by atoms with Crippen LogP contribution in [0.15, 0.2) is 103 Å². The molecule has 2 amide bonds. The van der Waals surface area contributed by atoms with E-state index in [1.54, 1.807) is 18.2 Å². The molecule has 0 saturated heterocycles. The zero-order chi connectivity index (χ0) is 28.6. The zero-order valence-corrected chi connectivity index (χ0v) is 23.5. The summed E-state index contributed by atoms with van der Waals surface area (Å²) in [6.45, 7) is 4.15. The molecule has 0 aliphatic rings. The number of halogens is 1. The van der Waals surface area contributed by atoms with Crippen LogP contribution in [0.5, 0.6) is 0 Å². The molecule has 40 heavy (non-hydrogen) atoms. The molecule has 1 N–H and O–H groups in total. The lowest BCUT2D eigenvalue weighted by Gasteiger charge is -2.32. The lowest BCUT2D eigenvalue weighted by molar-refractivity contribution is -0.139. The van der Waals surface area contributed by atoms with Gasteiger partial charge in [0.15, 0.2) is 0 Å². The van der Waals surface area contributed by atoms with E-state index >= 15 is 0 Å². The smallest absolute Gasteiger partial charge is 0.251 e. The molecule has 4 rings (SSSR count). The standard InChI is InChI=1S/C34H36FN3O2/c1-24(2)26-14-16-27(17-15-26)33(34(40)36-29-18-20-30(21-19-29)37(3)4)38(23-28-12-8-9-13-31(28)35)32(39)22-25-10-6-5-7-11-25/h5-21,24,33H,22-23H2,1-4H3,(H,36,40). The van der Waals surface area contributed by atoms with E-state index in [1.807, 2.05) is 97.9 Å². The van der Waals surface area contributed by atoms with Crippen molar-refractivity contribution in [2.24, 2.45) is 0 Å². The molecule has 0 radical (unpaired) electrons. The normalized spacial score (nSPS) is 11.7. The summed E-state index contributed by atoms with van der Waals surface area (Å²) in [5.74, 6) is -0.752. The van der Waals surface area contributed by atoms with Crippen molar-refractivity contribution in [2.45, 2.75) is 38.8 Å². The Morgan fingerprint density at radius 1 is 0.775 bits per heavy atom. The maximum Gasteiger partial charge on any atom is 0.251 e. The molecule has 4 aromatic rings. The van der Waals surface area contributed by atoms with Gasteiger partial charge in [0.05, 0.1) is 6.42 Å². The Kier molecular flexibility index (Phi) is 9.33. The molecule has 206 valence electrons. The topological polar surface area (TPSA) is 52.7 Å². The Hall–Kier alpha value is -4.45. The van der Waals surface area contributed by atoms with Gasteiger partial charge in [-0.2, -0.15) is 0 Å². The summed E-state index contributed by atoms with van der Waals surface area (Å²) in [6, 6.07) is 30.0. The minimum absolute atomic E-state index is 0.0536. The van der Waals surface area contributed by atoms with Crippen LogP contribution >= 0.6 is 0 Å². The van der Waals surface area contributed by atoms with Crippen molar-refractivity contribution in [1.29, 1.82) is 0 Å². The second kappa shape index (κ2) is 13.1. The number of benzene rings is 4. The first-order valence-electron chi connectivity index (χ1n) is 13.5. The number of carbonyl (C=O) groups excluding carboxylic acids is 2. The van der Waals surface area contributed by atoms with Gasteiger partial charge < -0.3 is 15.1 Å². The molecular weight excluding hydrogens is 501 g/mol. The number of hydrogen-bond acceptors (Lipinski definition) is 3. The third-order valence-electron chi connectivity index (χ3n) is 6.95. The predicted octanol–water partition coefficient (Wildman–Crippen LogP) is 6.97. The fraction of sp³-hybridized carbons (Fsp3) is 0.235. The maximum atomic E-state index is 14.9. The van der Waals surface area contributed by atoms with Gasteiger partial charge >= 0.3 is 0 Å². The number of anilines is 2. The van der Waals surface area contributed by atoms with Gasteiger partial charge in [0.1, 0.15) is 11.9 Å². The van der Waals surface area contributed by atoms with E-state index in [-0.39, 0.29) is 24.8 Å². The van der Waals surface area contributed by atoms with Gasteiger partial charge in [-0.25, -0.2) is 4.39 Å². The van der Waals surface area contributed by atoms with E-state index in [9.17, 15) is 14.0 Å². The molecular formula is C34H36FN3O2. The average Bonchev–Trinajstić information content (AvgIpc) is 2.95. The first kappa shape index (κ1) is 28.6. The summed E-state index contributed by atoms with van der Waals surface area (Å²) in [4.78, 5) is 31.4. The first-order valence-corrected chi connectivity index (χ1v) is 13.5. The highest BCUT2D eigenvalue weighted by atomic mass is 19.1. The SMILES string of the molecule is CC(C)c1ccc(C(C(=O)Nc2ccc(N(C)C)cc2)N(Cc2ccccc2F)C(=O)Cc2ccccc2)cc1. The van der Waals surface area contributed by atoms with Gasteiger partial charge in [0, 0.05) is 37.6 Å². The third-order valence-corrected chi connectivity index (χ3v) is 6.95. The zero-order valence-electron chi connectivity index (χ0n) is 23.5. The highest BCUT2D eigenvalue weighted by Crippen LogP contribution is 2.29. The molecule has 0 aliphatic heterocycles. The van der Waals surface area contributed by atoms with Crippen LogP contribution in [0.4, 0.5) is 15.8 Å². The number of nitrogens with zero attached hydrogens (tertiary/aromatic N) is 2. The van der Waals surface area contributed by atoms with E-state index in [0.717, 1.165) is 16.8 Å². The molecule has 0 fully saturated rings. The number of carbonyl (C=O) groups is 2. The van der Waals surface area contributed by atoms with Crippen LogP contribution < -0.4 is 10.2 Å². The fourth-order valence-electron chi connectivity index (χ4n) is 4.60. The van der Waals surface area contributed by atoms with E-state index in [4.69, 9.17) is 0 Å². The molecule has 0 bridgehead atoms. The van der Waals surface area contributed by atoms with Crippen molar-refractivity contribution < 1.29 is 14.0 Å². The Balaban J connectivity index is 1.75. The van der Waals surface area contributed by atoms with E-state index in [0.29, 0.717) is 22.7 Å². The van der Waals surface area contributed by atoms with Crippen molar-refractivity contribution in [3.8, 4) is 0 Å². The van der Waals surface area contributed by atoms with Gasteiger partial charge in [-0.15, -0.1) is 0 Å². The lowest BCUT2D eigenvalue weighted by atomic mass is 9.97. The molecule has 0 heterocycles. The van der Waals surface area contributed by atoms with Gasteiger partial charge in [0.25, 0.3) is 5.91 Å². The highest BCUT2D eigenvalue weighted by molar-refractivity contribution is 5.98. The first-order chi connectivity index (χ1) is 19.2. The largest absolute Gasteiger partial charge is 0.378 e. The summed E-state index contributed by atoms with van der Waals surface area (Å²) >= 11 is 0. The molecule has 1 atom stereocenters. The van der Waals surface area contributed by atoms with Crippen LogP contribution in [-0.2, 0) is 22.6 Å². The Morgan fingerprint density at radius 2 is 1.38 bits per heavy atom. The van der Waals surface area contributed by atoms with Gasteiger partial charge in [-0.1, -0.05) is 86.6 Å². The van der Waals surface area contributed by atoms with Crippen LogP contribution in [0, 0.1) is 5.82 Å². The monoisotopic (exact) mass is 537 g/mol. The van der Waals surface area contributed by atoms with Crippen molar-refractivity contribution in [2.75, 3.05) is 24.3 Å². The molecule has 5 nitrogen and oxygen atoms in total. The van der Waals surface area contributed by atoms with Crippen LogP contribution in [0.2, 0.25) is 0 Å². The summed E-state index contributed by atoms with van der Waals surface area (Å²) in [7, 11) is 3.90. The summed E-state index contributed by atoms with van der Waals surface area (Å²) in [5.41, 5.74) is 4.55. The third kappa shape index (κ3) is 7.14. The minimum Gasteiger partial charge on any atom is -0.378 e.